The fourth-order valence-corrected chi connectivity index (χ4v) is 3.26. The summed E-state index contributed by atoms with van der Waals surface area (Å²) in [5.74, 6) is -0.168. The van der Waals surface area contributed by atoms with E-state index >= 15 is 0 Å². The lowest BCUT2D eigenvalue weighted by molar-refractivity contribution is -0.121. The zero-order chi connectivity index (χ0) is 16.1. The first-order valence-corrected chi connectivity index (χ1v) is 8.25. The van der Waals surface area contributed by atoms with E-state index in [0.717, 1.165) is 12.8 Å². The third-order valence-electron chi connectivity index (χ3n) is 3.82. The highest BCUT2D eigenvalue weighted by Gasteiger charge is 2.19. The molecule has 0 atom stereocenters. The molecule has 2 amide bonds. The molecule has 0 aliphatic heterocycles. The maximum Gasteiger partial charge on any atom is 0.223 e. The molecule has 22 heavy (non-hydrogen) atoms. The summed E-state index contributed by atoms with van der Waals surface area (Å²) < 4.78 is 0. The van der Waals surface area contributed by atoms with Crippen molar-refractivity contribution in [3.63, 3.8) is 0 Å². The van der Waals surface area contributed by atoms with Crippen molar-refractivity contribution in [1.29, 1.82) is 0 Å². The number of anilines is 1. The molecule has 4 nitrogen and oxygen atoms in total. The van der Waals surface area contributed by atoms with Gasteiger partial charge in [0.05, 0.1) is 0 Å². The van der Waals surface area contributed by atoms with Crippen LogP contribution in [-0.2, 0) is 9.59 Å². The van der Waals surface area contributed by atoms with Crippen LogP contribution in [0.4, 0.5) is 5.69 Å². The molecule has 2 rings (SSSR count). The fraction of sp³-hybridized carbons (Fsp3) is 0.500. The molecule has 0 radical (unpaired) electrons. The van der Waals surface area contributed by atoms with Crippen molar-refractivity contribution in [2.45, 2.75) is 45.1 Å². The average molecular weight is 343 g/mol. The van der Waals surface area contributed by atoms with Gasteiger partial charge >= 0.3 is 0 Å². The molecule has 1 N–H and O–H groups in total. The molecular weight excluding hydrogens is 323 g/mol. The molecule has 6 heteroatoms. The second-order valence-corrected chi connectivity index (χ2v) is 6.47. The Morgan fingerprint density at radius 3 is 2.32 bits per heavy atom. The number of benzene rings is 1. The van der Waals surface area contributed by atoms with Crippen molar-refractivity contribution >= 4 is 40.7 Å². The summed E-state index contributed by atoms with van der Waals surface area (Å²) in [6.45, 7) is 1.77. The quantitative estimate of drug-likeness (QED) is 0.884. The van der Waals surface area contributed by atoms with E-state index in [4.69, 9.17) is 23.2 Å². The minimum atomic E-state index is -0.146. The van der Waals surface area contributed by atoms with Gasteiger partial charge in [0, 0.05) is 41.7 Å². The van der Waals surface area contributed by atoms with Crippen LogP contribution in [0.1, 0.15) is 39.0 Å². The number of carbonyl (C=O) groups excluding carboxylic acids is 2. The molecule has 1 aromatic rings. The third kappa shape index (κ3) is 4.89. The molecule has 0 spiro atoms. The Morgan fingerprint density at radius 2 is 1.77 bits per heavy atom. The summed E-state index contributed by atoms with van der Waals surface area (Å²) in [4.78, 5) is 25.3. The molecule has 1 saturated carbocycles. The van der Waals surface area contributed by atoms with Crippen molar-refractivity contribution in [3.05, 3.63) is 28.2 Å². The van der Waals surface area contributed by atoms with Gasteiger partial charge in [-0.2, -0.15) is 0 Å². The summed E-state index contributed by atoms with van der Waals surface area (Å²) >= 11 is 11.9. The zero-order valence-electron chi connectivity index (χ0n) is 12.6. The number of amides is 2. The van der Waals surface area contributed by atoms with Crippen molar-refractivity contribution in [1.82, 2.24) is 5.32 Å². The Balaban J connectivity index is 1.96. The molecule has 1 aliphatic rings. The lowest BCUT2D eigenvalue weighted by Gasteiger charge is -2.22. The van der Waals surface area contributed by atoms with E-state index in [1.807, 2.05) is 0 Å². The van der Waals surface area contributed by atoms with Gasteiger partial charge in [-0.05, 0) is 31.0 Å². The van der Waals surface area contributed by atoms with Crippen LogP contribution < -0.4 is 10.2 Å². The smallest absolute Gasteiger partial charge is 0.223 e. The Labute approximate surface area is 140 Å². The van der Waals surface area contributed by atoms with Gasteiger partial charge in [0.25, 0.3) is 0 Å². The monoisotopic (exact) mass is 342 g/mol. The number of nitrogens with zero attached hydrogens (tertiary/aromatic N) is 1. The lowest BCUT2D eigenvalue weighted by Crippen LogP contribution is -2.37. The largest absolute Gasteiger partial charge is 0.353 e. The van der Waals surface area contributed by atoms with Gasteiger partial charge in [0.15, 0.2) is 0 Å². The first-order chi connectivity index (χ1) is 10.5. The summed E-state index contributed by atoms with van der Waals surface area (Å²) in [6, 6.07) is 5.24. The number of hydrogen-bond donors (Lipinski definition) is 1. The Morgan fingerprint density at radius 1 is 1.18 bits per heavy atom. The van der Waals surface area contributed by atoms with Crippen LogP contribution in [0.25, 0.3) is 0 Å². The van der Waals surface area contributed by atoms with Gasteiger partial charge in [-0.25, -0.2) is 0 Å². The minimum absolute atomic E-state index is 0.0220. The number of halogens is 2. The highest BCUT2D eigenvalue weighted by Crippen LogP contribution is 2.26. The van der Waals surface area contributed by atoms with Crippen molar-refractivity contribution in [2.75, 3.05) is 11.4 Å². The van der Waals surface area contributed by atoms with E-state index in [0.29, 0.717) is 28.3 Å². The summed E-state index contributed by atoms with van der Waals surface area (Å²) in [5, 5.41) is 3.94. The highest BCUT2D eigenvalue weighted by atomic mass is 35.5. The first-order valence-electron chi connectivity index (χ1n) is 7.49. The van der Waals surface area contributed by atoms with E-state index in [-0.39, 0.29) is 18.2 Å². The van der Waals surface area contributed by atoms with Crippen molar-refractivity contribution in [2.24, 2.45) is 0 Å². The molecule has 0 aromatic heterocycles. The van der Waals surface area contributed by atoms with E-state index in [9.17, 15) is 9.59 Å². The topological polar surface area (TPSA) is 49.4 Å². The summed E-state index contributed by atoms with van der Waals surface area (Å²) in [6.07, 6.45) is 4.70. The second-order valence-electron chi connectivity index (χ2n) is 5.60. The van der Waals surface area contributed by atoms with Gasteiger partial charge in [0.1, 0.15) is 0 Å². The van der Waals surface area contributed by atoms with Gasteiger partial charge in [0.2, 0.25) is 11.8 Å². The molecule has 0 bridgehead atoms. The molecule has 0 saturated heterocycles. The minimum Gasteiger partial charge on any atom is -0.353 e. The SMILES string of the molecule is CC(=O)N(CCC(=O)NC1CCCC1)c1cc(Cl)cc(Cl)c1. The van der Waals surface area contributed by atoms with Crippen LogP contribution in [0.15, 0.2) is 18.2 Å². The highest BCUT2D eigenvalue weighted by molar-refractivity contribution is 6.35. The van der Waals surface area contributed by atoms with Gasteiger partial charge in [-0.15, -0.1) is 0 Å². The summed E-state index contributed by atoms with van der Waals surface area (Å²) in [5.41, 5.74) is 0.610. The Bertz CT molecular complexity index is 537. The Hall–Kier alpha value is -1.26. The maximum absolute atomic E-state index is 12.0. The van der Waals surface area contributed by atoms with Crippen molar-refractivity contribution < 1.29 is 9.59 Å². The van der Waals surface area contributed by atoms with E-state index in [1.165, 1.54) is 24.7 Å². The van der Waals surface area contributed by atoms with Gasteiger partial charge in [-0.1, -0.05) is 36.0 Å². The van der Waals surface area contributed by atoms with Crippen LogP contribution in [0.2, 0.25) is 10.0 Å². The fourth-order valence-electron chi connectivity index (χ4n) is 2.75. The standard InChI is InChI=1S/C16H20Cl2N2O2/c1-11(21)20(15-9-12(17)8-13(18)10-15)7-6-16(22)19-14-4-2-3-5-14/h8-10,14H,2-7H2,1H3,(H,19,22). The predicted molar refractivity (Wildman–Crippen MR) is 89.5 cm³/mol. The second kappa shape index (κ2) is 7.84. The predicted octanol–water partition coefficient (Wildman–Crippen LogP) is 3.80. The number of rotatable bonds is 5. The van der Waals surface area contributed by atoms with E-state index in [2.05, 4.69) is 5.32 Å². The molecule has 1 aliphatic carbocycles. The molecule has 0 heterocycles. The molecule has 0 unspecified atom stereocenters. The van der Waals surface area contributed by atoms with Crippen LogP contribution in [-0.4, -0.2) is 24.4 Å². The zero-order valence-corrected chi connectivity index (χ0v) is 14.1. The van der Waals surface area contributed by atoms with Crippen LogP contribution in [0.5, 0.6) is 0 Å². The first kappa shape index (κ1) is 17.1. The van der Waals surface area contributed by atoms with Gasteiger partial charge < -0.3 is 10.2 Å². The van der Waals surface area contributed by atoms with Gasteiger partial charge in [-0.3, -0.25) is 9.59 Å². The van der Waals surface area contributed by atoms with Crippen LogP contribution in [0, 0.1) is 0 Å². The maximum atomic E-state index is 12.0. The van der Waals surface area contributed by atoms with Crippen LogP contribution >= 0.6 is 23.2 Å². The van der Waals surface area contributed by atoms with Crippen LogP contribution in [0.3, 0.4) is 0 Å². The number of carbonyl (C=O) groups is 2. The molecule has 120 valence electrons. The summed E-state index contributed by atoms with van der Waals surface area (Å²) in [7, 11) is 0. The molecular formula is C16H20Cl2N2O2. The molecule has 1 fully saturated rings. The Kier molecular flexibility index (Phi) is 6.09. The lowest BCUT2D eigenvalue weighted by atomic mass is 10.2. The van der Waals surface area contributed by atoms with E-state index < -0.39 is 0 Å². The number of hydrogen-bond acceptors (Lipinski definition) is 2. The average Bonchev–Trinajstić information content (AvgIpc) is 2.90. The normalized spacial score (nSPS) is 14.9. The third-order valence-corrected chi connectivity index (χ3v) is 4.26. The van der Waals surface area contributed by atoms with Crippen molar-refractivity contribution in [3.8, 4) is 0 Å². The number of nitrogens with one attached hydrogen (secondary N) is 1. The van der Waals surface area contributed by atoms with E-state index in [1.54, 1.807) is 18.2 Å². The molecule has 1 aromatic carbocycles.